The first-order chi connectivity index (χ1) is 14.1. The van der Waals surface area contributed by atoms with Crippen molar-refractivity contribution in [1.29, 1.82) is 0 Å². The molecule has 0 spiro atoms. The highest BCUT2D eigenvalue weighted by molar-refractivity contribution is 6.30. The maximum absolute atomic E-state index is 6.03. The molecule has 0 saturated carbocycles. The van der Waals surface area contributed by atoms with E-state index in [-0.39, 0.29) is 0 Å². The first-order valence-corrected chi connectivity index (χ1v) is 10.4. The smallest absolute Gasteiger partial charge is 0.122 e. The van der Waals surface area contributed by atoms with Crippen LogP contribution in [-0.2, 0) is 13.0 Å². The molecule has 0 N–H and O–H groups in total. The maximum Gasteiger partial charge on any atom is 0.122 e. The Morgan fingerprint density at radius 2 is 1.76 bits per heavy atom. The molecule has 0 saturated heterocycles. The lowest BCUT2D eigenvalue weighted by molar-refractivity contribution is 0.300. The maximum atomic E-state index is 6.03. The van der Waals surface area contributed by atoms with Gasteiger partial charge in [0, 0.05) is 18.0 Å². The molecule has 1 heterocycles. The van der Waals surface area contributed by atoms with E-state index in [4.69, 9.17) is 21.3 Å². The topological polar surface area (TPSA) is 27.1 Å². The van der Waals surface area contributed by atoms with Crippen LogP contribution in [0.3, 0.4) is 0 Å². The summed E-state index contributed by atoms with van der Waals surface area (Å²) in [6, 6.07) is 22.6. The van der Waals surface area contributed by atoms with Crippen molar-refractivity contribution in [2.24, 2.45) is 0 Å². The first kappa shape index (κ1) is 19.5. The largest absolute Gasteiger partial charge is 0.493 e. The SMILES string of the molecule is Cc1ccc(OCCCn2c(Cc3ccc(Cl)cc3)nc3ccccc32)c(C)c1. The second kappa shape index (κ2) is 8.71. The van der Waals surface area contributed by atoms with Gasteiger partial charge in [-0.15, -0.1) is 0 Å². The molecule has 4 heteroatoms. The third-order valence-electron chi connectivity index (χ3n) is 5.12. The Kier molecular flexibility index (Phi) is 5.86. The molecule has 0 unspecified atom stereocenters. The van der Waals surface area contributed by atoms with E-state index in [2.05, 4.69) is 66.9 Å². The van der Waals surface area contributed by atoms with E-state index in [9.17, 15) is 0 Å². The predicted octanol–water partition coefficient (Wildman–Crippen LogP) is 6.37. The normalized spacial score (nSPS) is 11.1. The van der Waals surface area contributed by atoms with Crippen LogP contribution in [0.5, 0.6) is 5.75 Å². The van der Waals surface area contributed by atoms with E-state index in [1.807, 2.05) is 18.2 Å². The summed E-state index contributed by atoms with van der Waals surface area (Å²) < 4.78 is 8.34. The molecule has 0 fully saturated rings. The summed E-state index contributed by atoms with van der Waals surface area (Å²) in [4.78, 5) is 4.88. The molecule has 0 bridgehead atoms. The number of aromatic nitrogens is 2. The lowest BCUT2D eigenvalue weighted by Gasteiger charge is -2.12. The van der Waals surface area contributed by atoms with Crippen LogP contribution in [-0.4, -0.2) is 16.2 Å². The average Bonchev–Trinajstić information content (AvgIpc) is 3.05. The van der Waals surface area contributed by atoms with Gasteiger partial charge in [-0.25, -0.2) is 4.98 Å². The number of hydrogen-bond donors (Lipinski definition) is 0. The van der Waals surface area contributed by atoms with Crippen LogP contribution in [0.15, 0.2) is 66.7 Å². The van der Waals surface area contributed by atoms with Gasteiger partial charge in [0.05, 0.1) is 17.6 Å². The molecule has 3 nitrogen and oxygen atoms in total. The van der Waals surface area contributed by atoms with Gasteiger partial charge in [0.2, 0.25) is 0 Å². The molecule has 148 valence electrons. The Morgan fingerprint density at radius 1 is 0.966 bits per heavy atom. The first-order valence-electron chi connectivity index (χ1n) is 9.99. The number of imidazole rings is 1. The van der Waals surface area contributed by atoms with Crippen molar-refractivity contribution in [3.8, 4) is 5.75 Å². The van der Waals surface area contributed by atoms with E-state index < -0.39 is 0 Å². The highest BCUT2D eigenvalue weighted by Gasteiger charge is 2.11. The summed E-state index contributed by atoms with van der Waals surface area (Å²) in [5, 5.41) is 0.755. The van der Waals surface area contributed by atoms with Crippen LogP contribution in [0.4, 0.5) is 0 Å². The van der Waals surface area contributed by atoms with Crippen molar-refractivity contribution >= 4 is 22.6 Å². The van der Waals surface area contributed by atoms with Crippen molar-refractivity contribution in [2.45, 2.75) is 33.2 Å². The molecule has 4 aromatic rings. The van der Waals surface area contributed by atoms with Crippen LogP contribution >= 0.6 is 11.6 Å². The fourth-order valence-corrected chi connectivity index (χ4v) is 3.79. The van der Waals surface area contributed by atoms with Crippen LogP contribution in [0.1, 0.15) is 28.9 Å². The standard InChI is InChI=1S/C25H25ClN2O/c1-18-8-13-24(19(2)16-18)29-15-5-14-28-23-7-4-3-6-22(23)27-25(28)17-20-9-11-21(26)12-10-20/h3-4,6-13,16H,5,14-15,17H2,1-2H3. The van der Waals surface area contributed by atoms with E-state index in [1.165, 1.54) is 22.2 Å². The Labute approximate surface area is 176 Å². The quantitative estimate of drug-likeness (QED) is 0.335. The van der Waals surface area contributed by atoms with Crippen LogP contribution in [0.2, 0.25) is 5.02 Å². The highest BCUT2D eigenvalue weighted by Crippen LogP contribution is 2.21. The third-order valence-corrected chi connectivity index (χ3v) is 5.38. The lowest BCUT2D eigenvalue weighted by atomic mass is 10.1. The number of rotatable bonds is 7. The van der Waals surface area contributed by atoms with Crippen molar-refractivity contribution in [3.05, 3.63) is 94.3 Å². The van der Waals surface area contributed by atoms with Crippen LogP contribution < -0.4 is 4.74 Å². The Bertz CT molecular complexity index is 1120. The number of aryl methyl sites for hydroxylation is 3. The Balaban J connectivity index is 1.48. The second-order valence-corrected chi connectivity index (χ2v) is 7.88. The summed E-state index contributed by atoms with van der Waals surface area (Å²) in [6.07, 6.45) is 1.70. The van der Waals surface area contributed by atoms with Gasteiger partial charge < -0.3 is 9.30 Å². The number of fused-ring (bicyclic) bond motifs is 1. The number of halogens is 1. The summed E-state index contributed by atoms with van der Waals surface area (Å²) in [5.41, 5.74) is 5.85. The molecule has 0 amide bonds. The van der Waals surface area contributed by atoms with Gasteiger partial charge in [0.25, 0.3) is 0 Å². The Morgan fingerprint density at radius 3 is 2.55 bits per heavy atom. The molecule has 0 radical (unpaired) electrons. The summed E-state index contributed by atoms with van der Waals surface area (Å²) in [5.74, 6) is 2.03. The molecule has 0 aliphatic carbocycles. The van der Waals surface area contributed by atoms with Gasteiger partial charge in [-0.3, -0.25) is 0 Å². The predicted molar refractivity (Wildman–Crippen MR) is 120 cm³/mol. The Hall–Kier alpha value is -2.78. The van der Waals surface area contributed by atoms with Gasteiger partial charge in [-0.05, 0) is 61.7 Å². The molecule has 3 aromatic carbocycles. The zero-order valence-corrected chi connectivity index (χ0v) is 17.6. The van der Waals surface area contributed by atoms with Gasteiger partial charge in [0.1, 0.15) is 11.6 Å². The molecule has 0 aliphatic heterocycles. The van der Waals surface area contributed by atoms with E-state index in [0.29, 0.717) is 6.61 Å². The van der Waals surface area contributed by atoms with Crippen molar-refractivity contribution in [3.63, 3.8) is 0 Å². The number of benzene rings is 3. The minimum Gasteiger partial charge on any atom is -0.493 e. The van der Waals surface area contributed by atoms with Crippen LogP contribution in [0, 0.1) is 13.8 Å². The summed E-state index contributed by atoms with van der Waals surface area (Å²) >= 11 is 6.03. The van der Waals surface area contributed by atoms with Gasteiger partial charge in [0.15, 0.2) is 0 Å². The van der Waals surface area contributed by atoms with Crippen molar-refractivity contribution < 1.29 is 4.74 Å². The fourth-order valence-electron chi connectivity index (χ4n) is 3.66. The zero-order chi connectivity index (χ0) is 20.2. The summed E-state index contributed by atoms with van der Waals surface area (Å²) in [7, 11) is 0. The van der Waals surface area contributed by atoms with Crippen molar-refractivity contribution in [2.75, 3.05) is 6.61 Å². The third kappa shape index (κ3) is 4.63. The van der Waals surface area contributed by atoms with E-state index in [0.717, 1.165) is 41.5 Å². The highest BCUT2D eigenvalue weighted by atomic mass is 35.5. The molecular weight excluding hydrogens is 380 g/mol. The van der Waals surface area contributed by atoms with Gasteiger partial charge in [-0.1, -0.05) is 53.6 Å². The monoisotopic (exact) mass is 404 g/mol. The van der Waals surface area contributed by atoms with E-state index in [1.54, 1.807) is 0 Å². The van der Waals surface area contributed by atoms with E-state index >= 15 is 0 Å². The number of nitrogens with zero attached hydrogens (tertiary/aromatic N) is 2. The number of para-hydroxylation sites is 2. The van der Waals surface area contributed by atoms with Crippen molar-refractivity contribution in [1.82, 2.24) is 9.55 Å². The second-order valence-electron chi connectivity index (χ2n) is 7.44. The molecule has 1 aromatic heterocycles. The molecule has 4 rings (SSSR count). The number of hydrogen-bond acceptors (Lipinski definition) is 2. The van der Waals surface area contributed by atoms with Crippen LogP contribution in [0.25, 0.3) is 11.0 Å². The number of ether oxygens (including phenoxy) is 1. The fraction of sp³-hybridized carbons (Fsp3) is 0.240. The average molecular weight is 405 g/mol. The minimum atomic E-state index is 0.677. The van der Waals surface area contributed by atoms with Gasteiger partial charge in [-0.2, -0.15) is 0 Å². The van der Waals surface area contributed by atoms with Gasteiger partial charge >= 0.3 is 0 Å². The molecule has 0 atom stereocenters. The molecular formula is C25H25ClN2O. The minimum absolute atomic E-state index is 0.677. The molecule has 29 heavy (non-hydrogen) atoms. The summed E-state index contributed by atoms with van der Waals surface area (Å²) in [6.45, 7) is 5.74. The lowest BCUT2D eigenvalue weighted by Crippen LogP contribution is -2.09. The molecule has 0 aliphatic rings. The zero-order valence-electron chi connectivity index (χ0n) is 16.9.